The Kier molecular flexibility index (Phi) is 1.77. The van der Waals surface area contributed by atoms with Crippen molar-refractivity contribution in [2.24, 2.45) is 9.98 Å². The second-order valence-corrected chi connectivity index (χ2v) is 3.52. The summed E-state index contributed by atoms with van der Waals surface area (Å²) >= 11 is 3.40. The Labute approximate surface area is 77.7 Å². The van der Waals surface area contributed by atoms with Gasteiger partial charge in [0, 0.05) is 11.8 Å². The maximum Gasteiger partial charge on any atom is 0.367 e. The van der Waals surface area contributed by atoms with E-state index in [1.165, 1.54) is 0 Å². The predicted octanol–water partition coefficient (Wildman–Crippen LogP) is 1.89. The van der Waals surface area contributed by atoms with Gasteiger partial charge in [0.2, 0.25) is 0 Å². The number of rotatable bonds is 0. The molecule has 0 radical (unpaired) electrons. The summed E-state index contributed by atoms with van der Waals surface area (Å²) in [7, 11) is 0. The zero-order valence-electron chi connectivity index (χ0n) is 6.07. The van der Waals surface area contributed by atoms with Crippen LogP contribution in [0, 0.1) is 0 Å². The summed E-state index contributed by atoms with van der Waals surface area (Å²) in [6, 6.07) is -0.431. The molecule has 0 saturated carbocycles. The Hall–Kier alpha value is -1.03. The fourth-order valence-electron chi connectivity index (χ4n) is 1.06. The Morgan fingerprint density at radius 3 is 3.17 bits per heavy atom. The Balaban J connectivity index is 2.41. The van der Waals surface area contributed by atoms with Crippen molar-refractivity contribution >= 4 is 33.9 Å². The third kappa shape index (κ3) is 1.30. The zero-order chi connectivity index (χ0) is 8.55. The van der Waals surface area contributed by atoms with Gasteiger partial charge in [0.25, 0.3) is 0 Å². The molecular formula is C8H5BrN2O. The van der Waals surface area contributed by atoms with E-state index < -0.39 is 6.03 Å². The van der Waals surface area contributed by atoms with Crippen molar-refractivity contribution in [1.82, 2.24) is 0 Å². The molecule has 0 saturated heterocycles. The normalized spacial score (nSPS) is 26.4. The molecule has 0 aromatic heterocycles. The molecule has 0 bridgehead atoms. The van der Waals surface area contributed by atoms with Gasteiger partial charge >= 0.3 is 6.03 Å². The van der Waals surface area contributed by atoms with Gasteiger partial charge in [-0.15, -0.1) is 0 Å². The number of carbonyl (C=O) groups is 1. The highest BCUT2D eigenvalue weighted by Gasteiger charge is 2.14. The van der Waals surface area contributed by atoms with E-state index in [2.05, 4.69) is 25.9 Å². The molecule has 0 N–H and O–H groups in total. The molecule has 0 fully saturated rings. The van der Waals surface area contributed by atoms with Crippen molar-refractivity contribution in [2.75, 3.05) is 0 Å². The van der Waals surface area contributed by atoms with Crippen molar-refractivity contribution in [2.45, 2.75) is 4.83 Å². The van der Waals surface area contributed by atoms with Gasteiger partial charge in [0.15, 0.2) is 0 Å². The van der Waals surface area contributed by atoms with E-state index in [-0.39, 0.29) is 4.83 Å². The number of hydrogen-bond donors (Lipinski definition) is 0. The third-order valence-corrected chi connectivity index (χ3v) is 2.17. The van der Waals surface area contributed by atoms with E-state index in [4.69, 9.17) is 0 Å². The number of aliphatic imine (C=N–C) groups is 2. The van der Waals surface area contributed by atoms with Crippen LogP contribution in [0.2, 0.25) is 0 Å². The minimum atomic E-state index is -0.431. The summed E-state index contributed by atoms with van der Waals surface area (Å²) in [5.41, 5.74) is 1.60. The molecule has 1 heterocycles. The molecule has 0 spiro atoms. The lowest BCUT2D eigenvalue weighted by molar-refractivity contribution is 0.257. The predicted molar refractivity (Wildman–Crippen MR) is 51.3 cm³/mol. The van der Waals surface area contributed by atoms with E-state index in [1.807, 2.05) is 18.2 Å². The van der Waals surface area contributed by atoms with E-state index in [0.29, 0.717) is 5.71 Å². The van der Waals surface area contributed by atoms with Crippen LogP contribution in [0.15, 0.2) is 33.8 Å². The number of halogens is 1. The van der Waals surface area contributed by atoms with Crippen molar-refractivity contribution in [1.29, 1.82) is 0 Å². The number of urea groups is 1. The van der Waals surface area contributed by atoms with Crippen LogP contribution >= 0.6 is 15.9 Å². The number of fused-ring (bicyclic) bond motifs is 1. The topological polar surface area (TPSA) is 41.8 Å². The SMILES string of the molecule is O=C1N=CC2=CC(Br)C=CC2=N1. The van der Waals surface area contributed by atoms with Crippen LogP contribution in [0.25, 0.3) is 0 Å². The molecule has 1 aliphatic carbocycles. The van der Waals surface area contributed by atoms with E-state index >= 15 is 0 Å². The molecule has 1 atom stereocenters. The Morgan fingerprint density at radius 2 is 2.33 bits per heavy atom. The van der Waals surface area contributed by atoms with Crippen LogP contribution < -0.4 is 0 Å². The lowest BCUT2D eigenvalue weighted by atomic mass is 10.0. The molecule has 60 valence electrons. The highest BCUT2D eigenvalue weighted by atomic mass is 79.9. The summed E-state index contributed by atoms with van der Waals surface area (Å²) in [5.74, 6) is 0. The minimum absolute atomic E-state index is 0.214. The van der Waals surface area contributed by atoms with Gasteiger partial charge in [-0.05, 0) is 6.08 Å². The van der Waals surface area contributed by atoms with Crippen molar-refractivity contribution in [3.8, 4) is 0 Å². The molecule has 0 aromatic rings. The highest BCUT2D eigenvalue weighted by molar-refractivity contribution is 9.09. The molecule has 1 aliphatic heterocycles. The molecule has 3 nitrogen and oxygen atoms in total. The van der Waals surface area contributed by atoms with Crippen molar-refractivity contribution in [3.63, 3.8) is 0 Å². The second kappa shape index (κ2) is 2.79. The minimum Gasteiger partial charge on any atom is -0.244 e. The molecule has 4 heteroatoms. The standard InChI is InChI=1S/C8H5BrN2O/c9-6-1-2-7-5(3-6)4-10-8(12)11-7/h1-4,6H. The number of carbonyl (C=O) groups excluding carboxylic acids is 1. The van der Waals surface area contributed by atoms with Crippen molar-refractivity contribution < 1.29 is 4.79 Å². The molecule has 0 aromatic carbocycles. The number of allylic oxidation sites excluding steroid dienone is 4. The average molecular weight is 225 g/mol. The van der Waals surface area contributed by atoms with Gasteiger partial charge in [-0.1, -0.05) is 28.1 Å². The first-order chi connectivity index (χ1) is 5.75. The van der Waals surface area contributed by atoms with Crippen LogP contribution in [0.1, 0.15) is 0 Å². The van der Waals surface area contributed by atoms with Crippen LogP contribution in [0.5, 0.6) is 0 Å². The van der Waals surface area contributed by atoms with Crippen LogP contribution in [-0.4, -0.2) is 22.8 Å². The third-order valence-electron chi connectivity index (χ3n) is 1.60. The summed E-state index contributed by atoms with van der Waals surface area (Å²) in [6.07, 6.45) is 7.24. The van der Waals surface area contributed by atoms with Crippen LogP contribution in [0.3, 0.4) is 0 Å². The quantitative estimate of drug-likeness (QED) is 0.580. The Bertz CT molecular complexity index is 352. The molecule has 2 aliphatic rings. The Morgan fingerprint density at radius 1 is 1.50 bits per heavy atom. The van der Waals surface area contributed by atoms with Gasteiger partial charge in [0.05, 0.1) is 10.5 Å². The fraction of sp³-hybridized carbons (Fsp3) is 0.125. The first kappa shape index (κ1) is 7.61. The molecular weight excluding hydrogens is 220 g/mol. The summed E-state index contributed by atoms with van der Waals surface area (Å²) in [4.78, 5) is 18.3. The summed E-state index contributed by atoms with van der Waals surface area (Å²) < 4.78 is 0. The highest BCUT2D eigenvalue weighted by Crippen LogP contribution is 2.16. The van der Waals surface area contributed by atoms with Gasteiger partial charge in [-0.3, -0.25) is 0 Å². The first-order valence-corrected chi connectivity index (χ1v) is 4.38. The number of nitrogens with zero attached hydrogens (tertiary/aromatic N) is 2. The van der Waals surface area contributed by atoms with E-state index in [0.717, 1.165) is 5.57 Å². The van der Waals surface area contributed by atoms with Gasteiger partial charge in [-0.25, -0.2) is 4.79 Å². The average Bonchev–Trinajstić information content (AvgIpc) is 2.05. The first-order valence-electron chi connectivity index (χ1n) is 3.47. The second-order valence-electron chi connectivity index (χ2n) is 2.46. The smallest absolute Gasteiger partial charge is 0.244 e. The molecule has 1 unspecified atom stereocenters. The maximum absolute atomic E-state index is 10.7. The monoisotopic (exact) mass is 224 g/mol. The molecule has 12 heavy (non-hydrogen) atoms. The van der Waals surface area contributed by atoms with Gasteiger partial charge in [0.1, 0.15) is 0 Å². The van der Waals surface area contributed by atoms with Gasteiger partial charge in [-0.2, -0.15) is 9.98 Å². The summed E-state index contributed by atoms with van der Waals surface area (Å²) in [5, 5.41) is 0. The zero-order valence-corrected chi connectivity index (χ0v) is 7.65. The molecule has 2 amide bonds. The van der Waals surface area contributed by atoms with Crippen molar-refractivity contribution in [3.05, 3.63) is 23.8 Å². The number of hydrogen-bond acceptors (Lipinski definition) is 1. The van der Waals surface area contributed by atoms with Gasteiger partial charge < -0.3 is 0 Å². The van der Waals surface area contributed by atoms with E-state index in [1.54, 1.807) is 6.21 Å². The largest absolute Gasteiger partial charge is 0.367 e. The maximum atomic E-state index is 10.7. The number of amides is 2. The van der Waals surface area contributed by atoms with Crippen LogP contribution in [0.4, 0.5) is 4.79 Å². The molecule has 2 rings (SSSR count). The fourth-order valence-corrected chi connectivity index (χ4v) is 1.50. The number of alkyl halides is 1. The van der Waals surface area contributed by atoms with Crippen LogP contribution in [-0.2, 0) is 0 Å². The van der Waals surface area contributed by atoms with E-state index in [9.17, 15) is 4.79 Å². The lowest BCUT2D eigenvalue weighted by Gasteiger charge is -2.11. The lowest BCUT2D eigenvalue weighted by Crippen LogP contribution is -2.14. The summed E-state index contributed by atoms with van der Waals surface area (Å²) in [6.45, 7) is 0.